The fourth-order valence-corrected chi connectivity index (χ4v) is 2.15. The highest BCUT2D eigenvalue weighted by atomic mass is 16.6. The first-order chi connectivity index (χ1) is 8.91. The molecule has 0 radical (unpaired) electrons. The molecule has 1 N–H and O–H groups in total. The number of hydrogen-bond acceptors (Lipinski definition) is 4. The molecule has 100 valence electrons. The Balaban J connectivity index is 2.68. The van der Waals surface area contributed by atoms with Crippen LogP contribution in [0.15, 0.2) is 18.2 Å². The zero-order chi connectivity index (χ0) is 14.2. The summed E-state index contributed by atoms with van der Waals surface area (Å²) >= 11 is 0. The summed E-state index contributed by atoms with van der Waals surface area (Å²) in [4.78, 5) is 35.5. The van der Waals surface area contributed by atoms with Gasteiger partial charge in [0.2, 0.25) is 5.91 Å². The lowest BCUT2D eigenvalue weighted by Crippen LogP contribution is -2.40. The van der Waals surface area contributed by atoms with Gasteiger partial charge in [0, 0.05) is 25.6 Å². The van der Waals surface area contributed by atoms with Crippen molar-refractivity contribution in [2.75, 3.05) is 11.4 Å². The Hall–Kier alpha value is -2.44. The van der Waals surface area contributed by atoms with Gasteiger partial charge in [-0.1, -0.05) is 6.07 Å². The minimum absolute atomic E-state index is 0.0629. The molecule has 1 aliphatic heterocycles. The second-order valence-electron chi connectivity index (χ2n) is 4.43. The summed E-state index contributed by atoms with van der Waals surface area (Å²) in [5.74, 6) is -0.788. The molecular weight excluding hydrogens is 250 g/mol. The SMILES string of the molecule is CC(=O)N1CC(C)NC(=O)c2c1cccc2[N+](=O)[O-]. The fourth-order valence-electron chi connectivity index (χ4n) is 2.15. The molecule has 1 atom stereocenters. The predicted octanol–water partition coefficient (Wildman–Crippen LogP) is 1.08. The number of amides is 2. The van der Waals surface area contributed by atoms with Crippen LogP contribution in [0.5, 0.6) is 0 Å². The van der Waals surface area contributed by atoms with Crippen LogP contribution < -0.4 is 10.2 Å². The van der Waals surface area contributed by atoms with Crippen LogP contribution in [0.3, 0.4) is 0 Å². The predicted molar refractivity (Wildman–Crippen MR) is 68.1 cm³/mol. The third-order valence-corrected chi connectivity index (χ3v) is 2.95. The maximum absolute atomic E-state index is 12.1. The van der Waals surface area contributed by atoms with E-state index >= 15 is 0 Å². The lowest BCUT2D eigenvalue weighted by molar-refractivity contribution is -0.385. The second-order valence-corrected chi connectivity index (χ2v) is 4.43. The van der Waals surface area contributed by atoms with E-state index in [0.717, 1.165) is 0 Å². The minimum atomic E-state index is -0.618. The van der Waals surface area contributed by atoms with Crippen LogP contribution in [0.4, 0.5) is 11.4 Å². The number of nitro benzene ring substituents is 1. The van der Waals surface area contributed by atoms with E-state index in [0.29, 0.717) is 0 Å². The highest BCUT2D eigenvalue weighted by Gasteiger charge is 2.32. The molecule has 7 nitrogen and oxygen atoms in total. The van der Waals surface area contributed by atoms with Crippen molar-refractivity contribution in [3.63, 3.8) is 0 Å². The highest BCUT2D eigenvalue weighted by Crippen LogP contribution is 2.31. The Kier molecular flexibility index (Phi) is 3.20. The van der Waals surface area contributed by atoms with Gasteiger partial charge in [0.15, 0.2) is 0 Å². The summed E-state index contributed by atoms with van der Waals surface area (Å²) in [6.07, 6.45) is 0. The zero-order valence-corrected chi connectivity index (χ0v) is 10.5. The van der Waals surface area contributed by atoms with Crippen molar-refractivity contribution in [2.45, 2.75) is 19.9 Å². The summed E-state index contributed by atoms with van der Waals surface area (Å²) in [6.45, 7) is 3.39. The molecule has 0 aliphatic carbocycles. The number of benzene rings is 1. The smallest absolute Gasteiger partial charge is 0.284 e. The van der Waals surface area contributed by atoms with Crippen LogP contribution in [0, 0.1) is 10.1 Å². The van der Waals surface area contributed by atoms with Crippen LogP contribution in [0.1, 0.15) is 24.2 Å². The van der Waals surface area contributed by atoms with E-state index in [4.69, 9.17) is 0 Å². The molecule has 1 unspecified atom stereocenters. The number of carbonyl (C=O) groups is 2. The number of hydrogen-bond donors (Lipinski definition) is 1. The molecule has 0 fully saturated rings. The van der Waals surface area contributed by atoms with Gasteiger partial charge in [-0.3, -0.25) is 19.7 Å². The molecule has 2 rings (SSSR count). The van der Waals surface area contributed by atoms with E-state index in [1.807, 2.05) is 0 Å². The molecule has 7 heteroatoms. The van der Waals surface area contributed by atoms with E-state index < -0.39 is 10.8 Å². The molecule has 1 aromatic carbocycles. The van der Waals surface area contributed by atoms with Crippen molar-refractivity contribution in [3.8, 4) is 0 Å². The normalized spacial score (nSPS) is 18.3. The van der Waals surface area contributed by atoms with Crippen LogP contribution >= 0.6 is 0 Å². The molecule has 0 aromatic heterocycles. The summed E-state index contributed by atoms with van der Waals surface area (Å²) in [6, 6.07) is 3.99. The molecule has 0 saturated heterocycles. The summed E-state index contributed by atoms with van der Waals surface area (Å²) in [5.41, 5.74) is -0.0778. The number of anilines is 1. The number of nitro groups is 1. The van der Waals surface area contributed by atoms with Crippen LogP contribution in [0.25, 0.3) is 0 Å². The summed E-state index contributed by atoms with van der Waals surface area (Å²) < 4.78 is 0. The van der Waals surface area contributed by atoms with Gasteiger partial charge in [-0.05, 0) is 13.0 Å². The van der Waals surface area contributed by atoms with Crippen molar-refractivity contribution in [1.29, 1.82) is 0 Å². The third kappa shape index (κ3) is 2.26. The van der Waals surface area contributed by atoms with Gasteiger partial charge < -0.3 is 10.2 Å². The van der Waals surface area contributed by atoms with Gasteiger partial charge in [-0.25, -0.2) is 0 Å². The third-order valence-electron chi connectivity index (χ3n) is 2.95. The highest BCUT2D eigenvalue weighted by molar-refractivity contribution is 6.08. The lowest BCUT2D eigenvalue weighted by Gasteiger charge is -2.22. The van der Waals surface area contributed by atoms with Gasteiger partial charge in [0.1, 0.15) is 5.56 Å². The van der Waals surface area contributed by atoms with Crippen LogP contribution in [-0.2, 0) is 4.79 Å². The van der Waals surface area contributed by atoms with Gasteiger partial charge in [-0.2, -0.15) is 0 Å². The number of nitrogens with zero attached hydrogens (tertiary/aromatic N) is 2. The molecule has 0 saturated carbocycles. The van der Waals surface area contributed by atoms with Gasteiger partial charge in [0.05, 0.1) is 10.6 Å². The molecular formula is C12H13N3O4. The van der Waals surface area contributed by atoms with E-state index in [-0.39, 0.29) is 35.4 Å². The average molecular weight is 263 g/mol. The van der Waals surface area contributed by atoms with E-state index in [2.05, 4.69) is 5.32 Å². The van der Waals surface area contributed by atoms with Crippen molar-refractivity contribution < 1.29 is 14.5 Å². The van der Waals surface area contributed by atoms with Gasteiger partial charge in [-0.15, -0.1) is 0 Å². The molecule has 1 aliphatic rings. The molecule has 0 bridgehead atoms. The molecule has 19 heavy (non-hydrogen) atoms. The Bertz CT molecular complexity index is 570. The zero-order valence-electron chi connectivity index (χ0n) is 10.5. The van der Waals surface area contributed by atoms with Crippen molar-refractivity contribution in [3.05, 3.63) is 33.9 Å². The fraction of sp³-hybridized carbons (Fsp3) is 0.333. The second kappa shape index (κ2) is 4.68. The summed E-state index contributed by atoms with van der Waals surface area (Å²) in [7, 11) is 0. The minimum Gasteiger partial charge on any atom is -0.347 e. The number of fused-ring (bicyclic) bond motifs is 1. The Morgan fingerprint density at radius 2 is 2.21 bits per heavy atom. The Labute approximate surface area is 109 Å². The monoisotopic (exact) mass is 263 g/mol. The Morgan fingerprint density at radius 3 is 2.79 bits per heavy atom. The maximum atomic E-state index is 12.1. The molecule has 1 heterocycles. The van der Waals surface area contributed by atoms with Crippen molar-refractivity contribution in [1.82, 2.24) is 5.32 Å². The lowest BCUT2D eigenvalue weighted by atomic mass is 10.1. The van der Waals surface area contributed by atoms with Crippen LogP contribution in [0.2, 0.25) is 0 Å². The van der Waals surface area contributed by atoms with Crippen molar-refractivity contribution in [2.24, 2.45) is 0 Å². The maximum Gasteiger partial charge on any atom is 0.284 e. The summed E-state index contributed by atoms with van der Waals surface area (Å²) in [5, 5.41) is 13.7. The first kappa shape index (κ1) is 13.0. The number of nitrogens with one attached hydrogen (secondary N) is 1. The van der Waals surface area contributed by atoms with Crippen LogP contribution in [-0.4, -0.2) is 29.3 Å². The van der Waals surface area contributed by atoms with Gasteiger partial charge >= 0.3 is 0 Å². The largest absolute Gasteiger partial charge is 0.347 e. The van der Waals surface area contributed by atoms with E-state index in [1.165, 1.54) is 24.0 Å². The Morgan fingerprint density at radius 1 is 1.53 bits per heavy atom. The van der Waals surface area contributed by atoms with E-state index in [9.17, 15) is 19.7 Å². The average Bonchev–Trinajstić information content (AvgIpc) is 2.46. The topological polar surface area (TPSA) is 92.6 Å². The van der Waals surface area contributed by atoms with Gasteiger partial charge in [0.25, 0.3) is 11.6 Å². The first-order valence-electron chi connectivity index (χ1n) is 5.78. The van der Waals surface area contributed by atoms with E-state index in [1.54, 1.807) is 13.0 Å². The number of carbonyl (C=O) groups excluding carboxylic acids is 2. The molecule has 0 spiro atoms. The van der Waals surface area contributed by atoms with Crippen molar-refractivity contribution >= 4 is 23.2 Å². The molecule has 2 amide bonds. The first-order valence-corrected chi connectivity index (χ1v) is 5.78. The number of rotatable bonds is 1. The quantitative estimate of drug-likeness (QED) is 0.606. The standard InChI is InChI=1S/C12H13N3O4/c1-7-6-14(8(2)16)9-4-3-5-10(15(18)19)11(9)12(17)13-7/h3-5,7H,6H2,1-2H3,(H,13,17). The molecule has 1 aromatic rings.